The van der Waals surface area contributed by atoms with Gasteiger partial charge in [0.05, 0.1) is 0 Å². The maximum atomic E-state index is 3.75. The predicted molar refractivity (Wildman–Crippen MR) is 65.1 cm³/mol. The summed E-state index contributed by atoms with van der Waals surface area (Å²) < 4.78 is 0. The Balaban J connectivity index is 1.90. The van der Waals surface area contributed by atoms with Crippen LogP contribution in [0.5, 0.6) is 0 Å². The normalized spacial score (nSPS) is 32.3. The van der Waals surface area contributed by atoms with Gasteiger partial charge in [0.2, 0.25) is 0 Å². The Morgan fingerprint density at radius 3 is 2.93 bits per heavy atom. The van der Waals surface area contributed by atoms with Crippen LogP contribution in [0, 0.1) is 0 Å². The summed E-state index contributed by atoms with van der Waals surface area (Å²) in [5, 5.41) is 3.75. The van der Waals surface area contributed by atoms with Gasteiger partial charge in [-0.05, 0) is 32.2 Å². The minimum Gasteiger partial charge on any atom is -0.310 e. The van der Waals surface area contributed by atoms with Crippen LogP contribution in [0.25, 0.3) is 0 Å². The Hall–Kier alpha value is -0.340. The molecule has 0 saturated carbocycles. The zero-order chi connectivity index (χ0) is 10.6. The van der Waals surface area contributed by atoms with E-state index in [0.29, 0.717) is 5.54 Å². The quantitative estimate of drug-likeness (QED) is 0.712. The number of rotatable bonds is 4. The maximum Gasteiger partial charge on any atom is 0.0309 e. The monoisotopic (exact) mass is 208 g/mol. The van der Waals surface area contributed by atoms with Gasteiger partial charge in [0, 0.05) is 25.2 Å². The lowest BCUT2D eigenvalue weighted by Gasteiger charge is -2.36. The van der Waals surface area contributed by atoms with Crippen molar-refractivity contribution in [2.45, 2.75) is 44.6 Å². The molecule has 2 heterocycles. The Morgan fingerprint density at radius 2 is 2.33 bits per heavy atom. The van der Waals surface area contributed by atoms with E-state index in [9.17, 15) is 0 Å². The standard InChI is InChI=1S/C13H24N2/c1-2-7-13(8-6-9-14-13)12-15-10-4-3-5-11-15/h3-4,14H,2,5-12H2,1H3. The highest BCUT2D eigenvalue weighted by Gasteiger charge is 2.33. The van der Waals surface area contributed by atoms with Crippen LogP contribution in [0.15, 0.2) is 12.2 Å². The van der Waals surface area contributed by atoms with Gasteiger partial charge in [0.15, 0.2) is 0 Å². The molecule has 86 valence electrons. The molecule has 0 bridgehead atoms. The van der Waals surface area contributed by atoms with Crippen molar-refractivity contribution in [3.63, 3.8) is 0 Å². The summed E-state index contributed by atoms with van der Waals surface area (Å²) >= 11 is 0. The molecule has 2 aliphatic heterocycles. The number of nitrogens with one attached hydrogen (secondary N) is 1. The van der Waals surface area contributed by atoms with Gasteiger partial charge in [-0.25, -0.2) is 0 Å². The van der Waals surface area contributed by atoms with E-state index in [2.05, 4.69) is 29.3 Å². The van der Waals surface area contributed by atoms with Crippen LogP contribution < -0.4 is 5.32 Å². The lowest BCUT2D eigenvalue weighted by Crippen LogP contribution is -2.50. The van der Waals surface area contributed by atoms with Crippen LogP contribution in [0.4, 0.5) is 0 Å². The second-order valence-corrected chi connectivity index (χ2v) is 5.06. The Morgan fingerprint density at radius 1 is 1.40 bits per heavy atom. The van der Waals surface area contributed by atoms with Gasteiger partial charge in [-0.3, -0.25) is 4.90 Å². The first-order valence-corrected chi connectivity index (χ1v) is 6.47. The molecule has 0 radical (unpaired) electrons. The van der Waals surface area contributed by atoms with Crippen LogP contribution in [0.2, 0.25) is 0 Å². The maximum absolute atomic E-state index is 3.75. The summed E-state index contributed by atoms with van der Waals surface area (Å²) in [7, 11) is 0. The first kappa shape index (κ1) is 11.2. The molecule has 0 aromatic heterocycles. The van der Waals surface area contributed by atoms with Gasteiger partial charge in [0.1, 0.15) is 0 Å². The fourth-order valence-electron chi connectivity index (χ4n) is 3.04. The molecule has 2 rings (SSSR count). The van der Waals surface area contributed by atoms with Gasteiger partial charge >= 0.3 is 0 Å². The smallest absolute Gasteiger partial charge is 0.0309 e. The summed E-state index contributed by atoms with van der Waals surface area (Å²) in [6.45, 7) is 7.20. The molecule has 1 fully saturated rings. The van der Waals surface area contributed by atoms with Crippen molar-refractivity contribution in [3.8, 4) is 0 Å². The lowest BCUT2D eigenvalue weighted by atomic mass is 9.91. The highest BCUT2D eigenvalue weighted by Crippen LogP contribution is 2.26. The van der Waals surface area contributed by atoms with Crippen molar-refractivity contribution in [2.75, 3.05) is 26.2 Å². The molecule has 0 spiro atoms. The summed E-state index contributed by atoms with van der Waals surface area (Å²) in [6, 6.07) is 0. The minimum absolute atomic E-state index is 0.444. The zero-order valence-electron chi connectivity index (χ0n) is 9.97. The average molecular weight is 208 g/mol. The fourth-order valence-corrected chi connectivity index (χ4v) is 3.04. The summed E-state index contributed by atoms with van der Waals surface area (Å²) in [6.07, 6.45) is 11.2. The first-order chi connectivity index (χ1) is 7.35. The van der Waals surface area contributed by atoms with E-state index in [0.717, 1.165) is 6.54 Å². The summed E-state index contributed by atoms with van der Waals surface area (Å²) in [4.78, 5) is 2.61. The molecule has 2 nitrogen and oxygen atoms in total. The van der Waals surface area contributed by atoms with Crippen LogP contribution in [0.3, 0.4) is 0 Å². The Bertz CT molecular complexity index is 217. The average Bonchev–Trinajstić information content (AvgIpc) is 2.69. The third kappa shape index (κ3) is 2.82. The Labute approximate surface area is 93.7 Å². The van der Waals surface area contributed by atoms with Gasteiger partial charge in [-0.1, -0.05) is 25.5 Å². The van der Waals surface area contributed by atoms with E-state index in [4.69, 9.17) is 0 Å². The molecule has 2 aliphatic rings. The molecule has 0 aromatic rings. The zero-order valence-corrected chi connectivity index (χ0v) is 9.97. The topological polar surface area (TPSA) is 15.3 Å². The summed E-state index contributed by atoms with van der Waals surface area (Å²) in [5.41, 5.74) is 0.444. The molecule has 0 aromatic carbocycles. The van der Waals surface area contributed by atoms with E-state index >= 15 is 0 Å². The van der Waals surface area contributed by atoms with Crippen molar-refractivity contribution in [1.29, 1.82) is 0 Å². The van der Waals surface area contributed by atoms with Crippen LogP contribution in [0.1, 0.15) is 39.0 Å². The van der Waals surface area contributed by atoms with Crippen molar-refractivity contribution in [2.24, 2.45) is 0 Å². The second-order valence-electron chi connectivity index (χ2n) is 5.06. The molecule has 1 N–H and O–H groups in total. The van der Waals surface area contributed by atoms with E-state index < -0.39 is 0 Å². The van der Waals surface area contributed by atoms with Gasteiger partial charge in [-0.2, -0.15) is 0 Å². The second kappa shape index (κ2) is 5.13. The lowest BCUT2D eigenvalue weighted by molar-refractivity contribution is 0.195. The fraction of sp³-hybridized carbons (Fsp3) is 0.846. The third-order valence-corrected chi connectivity index (χ3v) is 3.73. The van der Waals surface area contributed by atoms with Gasteiger partial charge in [0.25, 0.3) is 0 Å². The van der Waals surface area contributed by atoms with Gasteiger partial charge < -0.3 is 5.32 Å². The van der Waals surface area contributed by atoms with E-state index in [1.165, 1.54) is 51.7 Å². The van der Waals surface area contributed by atoms with Crippen molar-refractivity contribution < 1.29 is 0 Å². The summed E-state index contributed by atoms with van der Waals surface area (Å²) in [5.74, 6) is 0. The van der Waals surface area contributed by atoms with Crippen molar-refractivity contribution in [1.82, 2.24) is 10.2 Å². The molecular formula is C13H24N2. The molecule has 15 heavy (non-hydrogen) atoms. The van der Waals surface area contributed by atoms with Crippen LogP contribution in [-0.4, -0.2) is 36.6 Å². The third-order valence-electron chi connectivity index (χ3n) is 3.73. The van der Waals surface area contributed by atoms with Crippen LogP contribution in [-0.2, 0) is 0 Å². The van der Waals surface area contributed by atoms with E-state index in [-0.39, 0.29) is 0 Å². The van der Waals surface area contributed by atoms with E-state index in [1.807, 2.05) is 0 Å². The molecule has 0 aliphatic carbocycles. The van der Waals surface area contributed by atoms with Gasteiger partial charge in [-0.15, -0.1) is 0 Å². The number of nitrogens with zero attached hydrogens (tertiary/aromatic N) is 1. The number of hydrogen-bond donors (Lipinski definition) is 1. The molecule has 2 heteroatoms. The highest BCUT2D eigenvalue weighted by atomic mass is 15.2. The number of hydrogen-bond acceptors (Lipinski definition) is 2. The van der Waals surface area contributed by atoms with Crippen molar-refractivity contribution >= 4 is 0 Å². The molecule has 1 atom stereocenters. The SMILES string of the molecule is CCCC1(CN2CC=CCC2)CCCN1. The van der Waals surface area contributed by atoms with E-state index in [1.54, 1.807) is 0 Å². The largest absolute Gasteiger partial charge is 0.310 e. The molecule has 1 unspecified atom stereocenters. The predicted octanol–water partition coefficient (Wildman–Crippen LogP) is 2.17. The van der Waals surface area contributed by atoms with Crippen LogP contribution >= 0.6 is 0 Å². The highest BCUT2D eigenvalue weighted by molar-refractivity contribution is 4.99. The van der Waals surface area contributed by atoms with Crippen molar-refractivity contribution in [3.05, 3.63) is 12.2 Å². The molecule has 1 saturated heterocycles. The first-order valence-electron chi connectivity index (χ1n) is 6.47. The molecule has 0 amide bonds. The molecular weight excluding hydrogens is 184 g/mol. The Kier molecular flexibility index (Phi) is 3.81. The minimum atomic E-state index is 0.444.